The number of rotatable bonds is 5. The number of amides is 1. The third kappa shape index (κ3) is 3.80. The van der Waals surface area contributed by atoms with E-state index in [1.807, 2.05) is 18.2 Å². The van der Waals surface area contributed by atoms with Gasteiger partial charge in [0.1, 0.15) is 13.2 Å². The van der Waals surface area contributed by atoms with Crippen molar-refractivity contribution in [3.8, 4) is 11.5 Å². The fourth-order valence-corrected chi connectivity index (χ4v) is 2.54. The predicted molar refractivity (Wildman–Crippen MR) is 82.2 cm³/mol. The van der Waals surface area contributed by atoms with Gasteiger partial charge in [0.15, 0.2) is 11.5 Å². The minimum Gasteiger partial charge on any atom is -0.486 e. The van der Waals surface area contributed by atoms with E-state index in [0.29, 0.717) is 25.7 Å². The molecule has 1 aliphatic heterocycles. The fraction of sp³-hybridized carbons (Fsp3) is 0.533. The van der Waals surface area contributed by atoms with Gasteiger partial charge in [0.05, 0.1) is 12.6 Å². The highest BCUT2D eigenvalue weighted by molar-refractivity contribution is 5.85. The lowest BCUT2D eigenvalue weighted by molar-refractivity contribution is -0.121. The number of ether oxygens (including phenoxy) is 2. The highest BCUT2D eigenvalue weighted by atomic mass is 35.5. The third-order valence-electron chi connectivity index (χ3n) is 3.67. The monoisotopic (exact) mass is 312 g/mol. The summed E-state index contributed by atoms with van der Waals surface area (Å²) in [6.07, 6.45) is 2.33. The summed E-state index contributed by atoms with van der Waals surface area (Å²) in [6.45, 7) is 1.52. The van der Waals surface area contributed by atoms with Gasteiger partial charge in [0.25, 0.3) is 0 Å². The molecule has 1 atom stereocenters. The lowest BCUT2D eigenvalue weighted by Crippen LogP contribution is -2.36. The first-order valence-corrected chi connectivity index (χ1v) is 7.11. The van der Waals surface area contributed by atoms with Crippen LogP contribution in [0.1, 0.15) is 24.4 Å². The minimum atomic E-state index is 0. The van der Waals surface area contributed by atoms with Gasteiger partial charge >= 0.3 is 0 Å². The second kappa shape index (κ2) is 7.00. The Labute approximate surface area is 130 Å². The summed E-state index contributed by atoms with van der Waals surface area (Å²) < 4.78 is 11.1. The first-order valence-electron chi connectivity index (χ1n) is 7.11. The molecule has 1 saturated carbocycles. The lowest BCUT2D eigenvalue weighted by atomic mass is 10.0. The molecule has 5 nitrogen and oxygen atoms in total. The van der Waals surface area contributed by atoms with E-state index >= 15 is 0 Å². The van der Waals surface area contributed by atoms with Gasteiger partial charge in [-0.05, 0) is 43.5 Å². The summed E-state index contributed by atoms with van der Waals surface area (Å²) in [7, 11) is 1.77. The van der Waals surface area contributed by atoms with Gasteiger partial charge < -0.3 is 20.1 Å². The number of halogens is 1. The van der Waals surface area contributed by atoms with Crippen molar-refractivity contribution in [1.29, 1.82) is 0 Å². The molecule has 2 aliphatic rings. The topological polar surface area (TPSA) is 59.6 Å². The van der Waals surface area contributed by atoms with Crippen LogP contribution < -0.4 is 20.1 Å². The smallest absolute Gasteiger partial charge is 0.234 e. The first kappa shape index (κ1) is 15.9. The highest BCUT2D eigenvalue weighted by Crippen LogP contribution is 2.43. The Kier molecular flexibility index (Phi) is 5.31. The van der Waals surface area contributed by atoms with E-state index in [4.69, 9.17) is 9.47 Å². The molecule has 116 valence electrons. The maximum atomic E-state index is 11.8. The van der Waals surface area contributed by atoms with Crippen LogP contribution in [0, 0.1) is 5.92 Å². The van der Waals surface area contributed by atoms with Gasteiger partial charge in [-0.3, -0.25) is 4.79 Å². The molecule has 0 aromatic heterocycles. The van der Waals surface area contributed by atoms with Crippen LogP contribution in [0.2, 0.25) is 0 Å². The number of fused-ring (bicyclic) bond motifs is 1. The van der Waals surface area contributed by atoms with E-state index in [9.17, 15) is 4.79 Å². The van der Waals surface area contributed by atoms with Gasteiger partial charge in [-0.1, -0.05) is 6.07 Å². The minimum absolute atomic E-state index is 0. The summed E-state index contributed by atoms with van der Waals surface area (Å²) in [6, 6.07) is 6.03. The molecule has 6 heteroatoms. The molecule has 1 aromatic rings. The van der Waals surface area contributed by atoms with Crippen LogP contribution in [0.25, 0.3) is 0 Å². The Bertz CT molecular complexity index is 506. The van der Waals surface area contributed by atoms with Crippen molar-refractivity contribution in [2.45, 2.75) is 18.9 Å². The molecule has 21 heavy (non-hydrogen) atoms. The molecule has 1 amide bonds. The summed E-state index contributed by atoms with van der Waals surface area (Å²) >= 11 is 0. The maximum Gasteiger partial charge on any atom is 0.234 e. The predicted octanol–water partition coefficient (Wildman–Crippen LogP) is 1.67. The van der Waals surface area contributed by atoms with E-state index in [2.05, 4.69) is 10.6 Å². The molecule has 0 radical (unpaired) electrons. The van der Waals surface area contributed by atoms with Crippen LogP contribution in [0.4, 0.5) is 0 Å². The number of likely N-dealkylation sites (N-methyl/N-ethyl adjacent to an activating group) is 1. The Morgan fingerprint density at radius 1 is 1.29 bits per heavy atom. The van der Waals surface area contributed by atoms with Crippen LogP contribution in [0.3, 0.4) is 0 Å². The van der Waals surface area contributed by atoms with Crippen LogP contribution in [0.15, 0.2) is 18.2 Å². The molecule has 0 spiro atoms. The number of benzene rings is 1. The van der Waals surface area contributed by atoms with E-state index < -0.39 is 0 Å². The van der Waals surface area contributed by atoms with E-state index in [-0.39, 0.29) is 24.4 Å². The van der Waals surface area contributed by atoms with Crippen LogP contribution in [0.5, 0.6) is 11.5 Å². The standard InChI is InChI=1S/C15H20N2O3.ClH/c1-16-9-14(18)17-15(10-2-3-10)11-4-5-12-13(8-11)20-7-6-19-12;/h4-5,8,10,15-16H,2-3,6-7,9H2,1H3,(H,17,18);1H. The van der Waals surface area contributed by atoms with Crippen molar-refractivity contribution in [2.75, 3.05) is 26.8 Å². The molecule has 1 unspecified atom stereocenters. The zero-order valence-corrected chi connectivity index (χ0v) is 12.9. The van der Waals surface area contributed by atoms with E-state index in [0.717, 1.165) is 17.1 Å². The zero-order valence-electron chi connectivity index (χ0n) is 12.1. The van der Waals surface area contributed by atoms with Gasteiger partial charge in [-0.2, -0.15) is 0 Å². The number of carbonyl (C=O) groups excluding carboxylic acids is 1. The van der Waals surface area contributed by atoms with Crippen molar-refractivity contribution >= 4 is 18.3 Å². The van der Waals surface area contributed by atoms with Crippen LogP contribution in [-0.2, 0) is 4.79 Å². The van der Waals surface area contributed by atoms with Crippen molar-refractivity contribution < 1.29 is 14.3 Å². The van der Waals surface area contributed by atoms with Crippen molar-refractivity contribution in [3.05, 3.63) is 23.8 Å². The van der Waals surface area contributed by atoms with Crippen LogP contribution in [-0.4, -0.2) is 32.7 Å². The second-order valence-electron chi connectivity index (χ2n) is 5.32. The Morgan fingerprint density at radius 2 is 2.00 bits per heavy atom. The summed E-state index contributed by atoms with van der Waals surface area (Å²) in [5.41, 5.74) is 1.10. The van der Waals surface area contributed by atoms with Gasteiger partial charge in [0, 0.05) is 0 Å². The molecule has 0 saturated heterocycles. The number of hydrogen-bond donors (Lipinski definition) is 2. The zero-order chi connectivity index (χ0) is 13.9. The Balaban J connectivity index is 0.00000161. The average molecular weight is 313 g/mol. The maximum absolute atomic E-state index is 11.8. The fourth-order valence-electron chi connectivity index (χ4n) is 2.54. The third-order valence-corrected chi connectivity index (χ3v) is 3.67. The molecular formula is C15H21ClN2O3. The van der Waals surface area contributed by atoms with Crippen molar-refractivity contribution in [1.82, 2.24) is 10.6 Å². The van der Waals surface area contributed by atoms with E-state index in [1.54, 1.807) is 7.05 Å². The van der Waals surface area contributed by atoms with Crippen LogP contribution >= 0.6 is 12.4 Å². The molecule has 0 bridgehead atoms. The highest BCUT2D eigenvalue weighted by Gasteiger charge is 2.34. The Morgan fingerprint density at radius 3 is 2.67 bits per heavy atom. The van der Waals surface area contributed by atoms with Gasteiger partial charge in [-0.25, -0.2) is 0 Å². The molecular weight excluding hydrogens is 292 g/mol. The first-order chi connectivity index (χ1) is 9.78. The number of nitrogens with one attached hydrogen (secondary N) is 2. The quantitative estimate of drug-likeness (QED) is 0.868. The SMILES string of the molecule is CNCC(=O)NC(c1ccc2c(c1)OCCO2)C1CC1.Cl. The van der Waals surface area contributed by atoms with E-state index in [1.165, 1.54) is 12.8 Å². The molecule has 2 N–H and O–H groups in total. The normalized spacial score (nSPS) is 17.6. The number of carbonyl (C=O) groups is 1. The van der Waals surface area contributed by atoms with Gasteiger partial charge in [0.2, 0.25) is 5.91 Å². The van der Waals surface area contributed by atoms with Crippen molar-refractivity contribution in [2.24, 2.45) is 5.92 Å². The largest absolute Gasteiger partial charge is 0.486 e. The summed E-state index contributed by atoms with van der Waals surface area (Å²) in [4.78, 5) is 11.8. The second-order valence-corrected chi connectivity index (χ2v) is 5.32. The Hall–Kier alpha value is -1.46. The molecule has 1 heterocycles. The number of hydrogen-bond acceptors (Lipinski definition) is 4. The molecule has 1 fully saturated rings. The van der Waals surface area contributed by atoms with Crippen molar-refractivity contribution in [3.63, 3.8) is 0 Å². The summed E-state index contributed by atoms with van der Waals surface area (Å²) in [5.74, 6) is 2.14. The summed E-state index contributed by atoms with van der Waals surface area (Å²) in [5, 5.41) is 5.98. The lowest BCUT2D eigenvalue weighted by Gasteiger charge is -2.23. The van der Waals surface area contributed by atoms with Gasteiger partial charge in [-0.15, -0.1) is 12.4 Å². The average Bonchev–Trinajstić information content (AvgIpc) is 3.29. The molecule has 3 rings (SSSR count). The molecule has 1 aliphatic carbocycles. The molecule has 1 aromatic carbocycles.